The lowest BCUT2D eigenvalue weighted by molar-refractivity contribution is 0.196. The average molecular weight is 244 g/mol. The number of pyridine rings is 1. The van der Waals surface area contributed by atoms with Crippen molar-refractivity contribution < 1.29 is 4.74 Å². The summed E-state index contributed by atoms with van der Waals surface area (Å²) in [5.74, 6) is 0.890. The number of rotatable bonds is 6. The summed E-state index contributed by atoms with van der Waals surface area (Å²) in [6.07, 6.45) is 0.968. The van der Waals surface area contributed by atoms with Gasteiger partial charge in [0.1, 0.15) is 5.82 Å². The van der Waals surface area contributed by atoms with Crippen molar-refractivity contribution in [3.05, 3.63) is 22.8 Å². The Bertz CT molecular complexity index is 333. The lowest BCUT2D eigenvalue weighted by atomic mass is 10.3. The number of aromatic nitrogens is 1. The van der Waals surface area contributed by atoms with E-state index in [-0.39, 0.29) is 0 Å². The van der Waals surface area contributed by atoms with Crippen molar-refractivity contribution in [2.75, 3.05) is 32.2 Å². The van der Waals surface area contributed by atoms with Crippen molar-refractivity contribution in [3.63, 3.8) is 0 Å². The number of ether oxygens (including phenoxy) is 1. The van der Waals surface area contributed by atoms with Crippen LogP contribution in [0.5, 0.6) is 0 Å². The first-order valence-electron chi connectivity index (χ1n) is 5.24. The van der Waals surface area contributed by atoms with E-state index in [9.17, 15) is 0 Å². The van der Waals surface area contributed by atoms with Crippen LogP contribution in [0.2, 0.25) is 5.02 Å². The first-order chi connectivity index (χ1) is 7.69. The molecule has 0 atom stereocenters. The number of anilines is 1. The molecule has 90 valence electrons. The molecule has 0 radical (unpaired) electrons. The molecule has 1 aromatic rings. The van der Waals surface area contributed by atoms with E-state index < -0.39 is 0 Å². The van der Waals surface area contributed by atoms with Crippen molar-refractivity contribution in [1.29, 1.82) is 0 Å². The molecule has 1 heterocycles. The smallest absolute Gasteiger partial charge is 0.128 e. The van der Waals surface area contributed by atoms with E-state index in [1.807, 2.05) is 19.2 Å². The summed E-state index contributed by atoms with van der Waals surface area (Å²) in [4.78, 5) is 6.46. The van der Waals surface area contributed by atoms with Crippen LogP contribution in [0.4, 0.5) is 5.82 Å². The molecule has 5 heteroatoms. The summed E-state index contributed by atoms with van der Waals surface area (Å²) in [7, 11) is 3.69. The minimum Gasteiger partial charge on any atom is -0.385 e. The number of hydrogen-bond acceptors (Lipinski definition) is 4. The first-order valence-corrected chi connectivity index (χ1v) is 5.62. The monoisotopic (exact) mass is 243 g/mol. The third-order valence-corrected chi connectivity index (χ3v) is 2.67. The van der Waals surface area contributed by atoms with E-state index in [4.69, 9.17) is 22.1 Å². The minimum atomic E-state index is 0.360. The van der Waals surface area contributed by atoms with Gasteiger partial charge in [0, 0.05) is 33.9 Å². The number of nitrogens with two attached hydrogens (primary N) is 1. The van der Waals surface area contributed by atoms with E-state index in [1.54, 1.807) is 7.11 Å². The Morgan fingerprint density at radius 2 is 2.25 bits per heavy atom. The van der Waals surface area contributed by atoms with Gasteiger partial charge in [-0.2, -0.15) is 0 Å². The molecule has 0 aliphatic rings. The minimum absolute atomic E-state index is 0.360. The van der Waals surface area contributed by atoms with E-state index >= 15 is 0 Å². The number of nitrogens with zero attached hydrogens (tertiary/aromatic N) is 2. The van der Waals surface area contributed by atoms with Gasteiger partial charge in [0.2, 0.25) is 0 Å². The maximum atomic E-state index is 5.95. The van der Waals surface area contributed by atoms with Crippen LogP contribution >= 0.6 is 11.6 Å². The summed E-state index contributed by atoms with van der Waals surface area (Å²) < 4.78 is 5.00. The third kappa shape index (κ3) is 3.63. The second-order valence-corrected chi connectivity index (χ2v) is 3.98. The lowest BCUT2D eigenvalue weighted by Crippen LogP contribution is -2.21. The van der Waals surface area contributed by atoms with E-state index in [0.717, 1.165) is 31.1 Å². The van der Waals surface area contributed by atoms with Gasteiger partial charge in [0.05, 0.1) is 10.7 Å². The van der Waals surface area contributed by atoms with Crippen LogP contribution in [0.3, 0.4) is 0 Å². The molecule has 1 aromatic heterocycles. The standard InChI is InChI=1S/C11H18ClN3O/c1-15(6-3-7-16-2)11-5-4-9(12)10(8-13)14-11/h4-5H,3,6-8,13H2,1-2H3. The van der Waals surface area contributed by atoms with Crippen molar-refractivity contribution in [1.82, 2.24) is 4.98 Å². The Kier molecular flexibility index (Phi) is 5.52. The van der Waals surface area contributed by atoms with Gasteiger partial charge in [-0.3, -0.25) is 0 Å². The molecule has 0 aliphatic carbocycles. The number of methoxy groups -OCH3 is 1. The van der Waals surface area contributed by atoms with Crippen LogP contribution in [0, 0.1) is 0 Å². The molecule has 0 amide bonds. The van der Waals surface area contributed by atoms with Gasteiger partial charge < -0.3 is 15.4 Å². The zero-order valence-electron chi connectivity index (χ0n) is 9.74. The highest BCUT2D eigenvalue weighted by molar-refractivity contribution is 6.31. The molecule has 0 saturated carbocycles. The van der Waals surface area contributed by atoms with Crippen LogP contribution in [0.15, 0.2) is 12.1 Å². The Hall–Kier alpha value is -0.840. The Balaban J connectivity index is 2.64. The molecule has 0 aliphatic heterocycles. The molecule has 2 N–H and O–H groups in total. The van der Waals surface area contributed by atoms with E-state index in [1.165, 1.54) is 0 Å². The number of halogens is 1. The summed E-state index contributed by atoms with van der Waals surface area (Å²) in [5, 5.41) is 0.622. The normalized spacial score (nSPS) is 10.5. The molecule has 16 heavy (non-hydrogen) atoms. The van der Waals surface area contributed by atoms with Crippen molar-refractivity contribution in [3.8, 4) is 0 Å². The second-order valence-electron chi connectivity index (χ2n) is 3.57. The fourth-order valence-corrected chi connectivity index (χ4v) is 1.57. The van der Waals surface area contributed by atoms with Gasteiger partial charge in [0.15, 0.2) is 0 Å². The first kappa shape index (κ1) is 13.2. The molecule has 0 unspecified atom stereocenters. The molecular formula is C11H18ClN3O. The van der Waals surface area contributed by atoms with Gasteiger partial charge >= 0.3 is 0 Å². The Labute approximate surface area is 101 Å². The molecular weight excluding hydrogens is 226 g/mol. The van der Waals surface area contributed by atoms with Crippen molar-refractivity contribution in [2.45, 2.75) is 13.0 Å². The van der Waals surface area contributed by atoms with Crippen LogP contribution in [-0.2, 0) is 11.3 Å². The lowest BCUT2D eigenvalue weighted by Gasteiger charge is -2.18. The molecule has 0 bridgehead atoms. The topological polar surface area (TPSA) is 51.4 Å². The maximum absolute atomic E-state index is 5.95. The van der Waals surface area contributed by atoms with Gasteiger partial charge in [-0.05, 0) is 18.6 Å². The molecule has 0 spiro atoms. The van der Waals surface area contributed by atoms with E-state index in [0.29, 0.717) is 11.6 Å². The zero-order chi connectivity index (χ0) is 12.0. The molecule has 0 aromatic carbocycles. The molecule has 1 rings (SSSR count). The zero-order valence-corrected chi connectivity index (χ0v) is 10.5. The second kappa shape index (κ2) is 6.68. The largest absolute Gasteiger partial charge is 0.385 e. The van der Waals surface area contributed by atoms with Crippen molar-refractivity contribution in [2.24, 2.45) is 5.73 Å². The fourth-order valence-electron chi connectivity index (χ4n) is 1.39. The highest BCUT2D eigenvalue weighted by atomic mass is 35.5. The maximum Gasteiger partial charge on any atom is 0.128 e. The van der Waals surface area contributed by atoms with Gasteiger partial charge in [-0.25, -0.2) is 4.98 Å². The Morgan fingerprint density at radius 1 is 1.50 bits per heavy atom. The quantitative estimate of drug-likeness (QED) is 0.773. The summed E-state index contributed by atoms with van der Waals surface area (Å²) in [6, 6.07) is 3.73. The van der Waals surface area contributed by atoms with Crippen molar-refractivity contribution >= 4 is 17.4 Å². The summed E-state index contributed by atoms with van der Waals surface area (Å²) in [5.41, 5.74) is 6.29. The predicted octanol–water partition coefficient (Wildman–Crippen LogP) is 1.67. The summed E-state index contributed by atoms with van der Waals surface area (Å²) >= 11 is 5.95. The molecule has 0 saturated heterocycles. The third-order valence-electron chi connectivity index (χ3n) is 2.33. The van der Waals surface area contributed by atoms with Crippen LogP contribution < -0.4 is 10.6 Å². The predicted molar refractivity (Wildman–Crippen MR) is 66.9 cm³/mol. The van der Waals surface area contributed by atoms with Gasteiger partial charge in [0.25, 0.3) is 0 Å². The van der Waals surface area contributed by atoms with Crippen LogP contribution in [-0.4, -0.2) is 32.3 Å². The van der Waals surface area contributed by atoms with Gasteiger partial charge in [-0.1, -0.05) is 11.6 Å². The molecule has 4 nitrogen and oxygen atoms in total. The average Bonchev–Trinajstić information content (AvgIpc) is 2.30. The summed E-state index contributed by atoms with van der Waals surface area (Å²) in [6.45, 7) is 2.01. The number of hydrogen-bond donors (Lipinski definition) is 1. The van der Waals surface area contributed by atoms with E-state index in [2.05, 4.69) is 9.88 Å². The van der Waals surface area contributed by atoms with Crippen LogP contribution in [0.1, 0.15) is 12.1 Å². The van der Waals surface area contributed by atoms with Gasteiger partial charge in [-0.15, -0.1) is 0 Å². The molecule has 0 fully saturated rings. The fraction of sp³-hybridized carbons (Fsp3) is 0.545. The highest BCUT2D eigenvalue weighted by Crippen LogP contribution is 2.18. The SMILES string of the molecule is COCCCN(C)c1ccc(Cl)c(CN)n1. The Morgan fingerprint density at radius 3 is 2.88 bits per heavy atom. The van der Waals surface area contributed by atoms with Crippen LogP contribution in [0.25, 0.3) is 0 Å². The highest BCUT2D eigenvalue weighted by Gasteiger charge is 2.06.